The molecule has 0 bridgehead atoms. The molecule has 1 fully saturated rings. The van der Waals surface area contributed by atoms with Gasteiger partial charge in [0.2, 0.25) is 5.89 Å². The van der Waals surface area contributed by atoms with Crippen LogP contribution in [0.2, 0.25) is 0 Å². The molecule has 4 heteroatoms. The number of hydrogen-bond acceptors (Lipinski definition) is 4. The molecule has 1 saturated carbocycles. The summed E-state index contributed by atoms with van der Waals surface area (Å²) >= 11 is 0. The largest absolute Gasteiger partial charge is 0.396 e. The van der Waals surface area contributed by atoms with Crippen molar-refractivity contribution in [3.05, 3.63) is 11.7 Å². The van der Waals surface area contributed by atoms with Crippen LogP contribution in [0.15, 0.2) is 4.52 Å². The van der Waals surface area contributed by atoms with Gasteiger partial charge in [-0.25, -0.2) is 0 Å². The van der Waals surface area contributed by atoms with E-state index in [1.165, 1.54) is 38.5 Å². The second-order valence-electron chi connectivity index (χ2n) is 5.73. The van der Waals surface area contributed by atoms with Crippen LogP contribution in [0.1, 0.15) is 75.9 Å². The zero-order valence-corrected chi connectivity index (χ0v) is 12.0. The summed E-state index contributed by atoms with van der Waals surface area (Å²) in [6, 6.07) is 0. The van der Waals surface area contributed by atoms with Crippen LogP contribution in [-0.4, -0.2) is 21.9 Å². The number of aromatic nitrogens is 2. The first-order chi connectivity index (χ1) is 9.33. The molecule has 0 spiro atoms. The zero-order valence-electron chi connectivity index (χ0n) is 12.0. The summed E-state index contributed by atoms with van der Waals surface area (Å²) in [5.41, 5.74) is 0. The topological polar surface area (TPSA) is 59.2 Å². The molecule has 1 aromatic rings. The van der Waals surface area contributed by atoms with Crippen LogP contribution < -0.4 is 0 Å². The third-order valence-electron chi connectivity index (χ3n) is 4.19. The summed E-state index contributed by atoms with van der Waals surface area (Å²) in [4.78, 5) is 4.52. The fourth-order valence-corrected chi connectivity index (χ4v) is 3.04. The molecule has 0 aromatic carbocycles. The van der Waals surface area contributed by atoms with E-state index in [2.05, 4.69) is 17.1 Å². The Morgan fingerprint density at radius 2 is 2.00 bits per heavy atom. The molecule has 108 valence electrons. The Kier molecular flexibility index (Phi) is 5.83. The predicted octanol–water partition coefficient (Wildman–Crippen LogP) is 3.46. The van der Waals surface area contributed by atoms with Gasteiger partial charge in [0.15, 0.2) is 5.82 Å². The highest BCUT2D eigenvalue weighted by Crippen LogP contribution is 2.36. The van der Waals surface area contributed by atoms with Crippen LogP contribution in [0.3, 0.4) is 0 Å². The minimum absolute atomic E-state index is 0.239. The molecule has 1 heterocycles. The number of rotatable bonds is 7. The standard InChI is InChI=1S/C15H26N2O2/c1-2-5-12-7-9-13(10-8-12)15-16-14(19-17-15)6-3-4-11-18/h12-13,18H,2-11H2,1H3. The lowest BCUT2D eigenvalue weighted by molar-refractivity contribution is 0.280. The van der Waals surface area contributed by atoms with Gasteiger partial charge in [-0.05, 0) is 44.4 Å². The van der Waals surface area contributed by atoms with Gasteiger partial charge in [-0.3, -0.25) is 0 Å². The quantitative estimate of drug-likeness (QED) is 0.768. The first-order valence-electron chi connectivity index (χ1n) is 7.76. The van der Waals surface area contributed by atoms with E-state index in [-0.39, 0.29) is 6.61 Å². The average molecular weight is 266 g/mol. The van der Waals surface area contributed by atoms with E-state index in [1.807, 2.05) is 0 Å². The van der Waals surface area contributed by atoms with Gasteiger partial charge < -0.3 is 9.63 Å². The molecule has 4 nitrogen and oxygen atoms in total. The highest BCUT2D eigenvalue weighted by Gasteiger charge is 2.25. The molecule has 19 heavy (non-hydrogen) atoms. The van der Waals surface area contributed by atoms with E-state index in [1.54, 1.807) is 0 Å². The van der Waals surface area contributed by atoms with Crippen molar-refractivity contribution in [2.45, 2.75) is 70.6 Å². The highest BCUT2D eigenvalue weighted by molar-refractivity contribution is 4.97. The molecule has 1 aliphatic rings. The lowest BCUT2D eigenvalue weighted by Gasteiger charge is -2.26. The maximum Gasteiger partial charge on any atom is 0.226 e. The van der Waals surface area contributed by atoms with Gasteiger partial charge in [0.1, 0.15) is 0 Å². The zero-order chi connectivity index (χ0) is 13.5. The van der Waals surface area contributed by atoms with E-state index < -0.39 is 0 Å². The summed E-state index contributed by atoms with van der Waals surface area (Å²) in [5.74, 6) is 3.06. The van der Waals surface area contributed by atoms with Crippen molar-refractivity contribution >= 4 is 0 Å². The molecule has 0 radical (unpaired) electrons. The second-order valence-corrected chi connectivity index (χ2v) is 5.73. The normalized spacial score (nSPS) is 23.7. The lowest BCUT2D eigenvalue weighted by atomic mass is 9.80. The van der Waals surface area contributed by atoms with Crippen molar-refractivity contribution in [3.8, 4) is 0 Å². The van der Waals surface area contributed by atoms with Crippen molar-refractivity contribution in [1.82, 2.24) is 10.1 Å². The van der Waals surface area contributed by atoms with Crippen LogP contribution >= 0.6 is 0 Å². The van der Waals surface area contributed by atoms with E-state index in [4.69, 9.17) is 9.63 Å². The fourth-order valence-electron chi connectivity index (χ4n) is 3.04. The molecule has 1 N–H and O–H groups in total. The number of unbranched alkanes of at least 4 members (excludes halogenated alkanes) is 1. The number of aliphatic hydroxyl groups is 1. The number of nitrogens with zero attached hydrogens (tertiary/aromatic N) is 2. The molecular formula is C15H26N2O2. The maximum absolute atomic E-state index is 8.76. The number of hydrogen-bond donors (Lipinski definition) is 1. The molecule has 1 aliphatic carbocycles. The molecular weight excluding hydrogens is 240 g/mol. The Balaban J connectivity index is 1.79. The van der Waals surface area contributed by atoms with Crippen molar-refractivity contribution in [1.29, 1.82) is 0 Å². The van der Waals surface area contributed by atoms with Crippen LogP contribution in [0, 0.1) is 5.92 Å². The van der Waals surface area contributed by atoms with Gasteiger partial charge in [0, 0.05) is 18.9 Å². The minimum Gasteiger partial charge on any atom is -0.396 e. The Labute approximate surface area is 115 Å². The van der Waals surface area contributed by atoms with Crippen molar-refractivity contribution in [3.63, 3.8) is 0 Å². The monoisotopic (exact) mass is 266 g/mol. The van der Waals surface area contributed by atoms with Crippen LogP contribution in [0.25, 0.3) is 0 Å². The third-order valence-corrected chi connectivity index (χ3v) is 4.19. The smallest absolute Gasteiger partial charge is 0.226 e. The molecule has 0 saturated heterocycles. The first kappa shape index (κ1) is 14.5. The van der Waals surface area contributed by atoms with Crippen LogP contribution in [0.5, 0.6) is 0 Å². The lowest BCUT2D eigenvalue weighted by Crippen LogP contribution is -2.14. The fraction of sp³-hybridized carbons (Fsp3) is 0.867. The number of aliphatic hydroxyl groups excluding tert-OH is 1. The molecule has 2 rings (SSSR count). The maximum atomic E-state index is 8.76. The Bertz CT molecular complexity index is 357. The van der Waals surface area contributed by atoms with Crippen LogP contribution in [0.4, 0.5) is 0 Å². The van der Waals surface area contributed by atoms with Crippen LogP contribution in [-0.2, 0) is 6.42 Å². The molecule has 0 aliphatic heterocycles. The minimum atomic E-state index is 0.239. The van der Waals surface area contributed by atoms with E-state index >= 15 is 0 Å². The van der Waals surface area contributed by atoms with Crippen molar-refractivity contribution in [2.75, 3.05) is 6.61 Å². The average Bonchev–Trinajstić information content (AvgIpc) is 2.89. The molecule has 0 atom stereocenters. The Hall–Kier alpha value is -0.900. The summed E-state index contributed by atoms with van der Waals surface area (Å²) < 4.78 is 5.30. The van der Waals surface area contributed by atoms with Gasteiger partial charge in [-0.2, -0.15) is 4.98 Å². The van der Waals surface area contributed by atoms with E-state index in [0.29, 0.717) is 5.92 Å². The summed E-state index contributed by atoms with van der Waals surface area (Å²) in [6.45, 7) is 2.51. The third kappa shape index (κ3) is 4.30. The first-order valence-corrected chi connectivity index (χ1v) is 7.76. The predicted molar refractivity (Wildman–Crippen MR) is 73.9 cm³/mol. The van der Waals surface area contributed by atoms with Gasteiger partial charge in [-0.1, -0.05) is 24.9 Å². The number of aryl methyl sites for hydroxylation is 1. The Morgan fingerprint density at radius 1 is 1.21 bits per heavy atom. The summed E-state index contributed by atoms with van der Waals surface area (Å²) in [7, 11) is 0. The molecule has 0 unspecified atom stereocenters. The SMILES string of the molecule is CCCC1CCC(c2noc(CCCCO)n2)CC1. The van der Waals surface area contributed by atoms with Gasteiger partial charge in [-0.15, -0.1) is 0 Å². The van der Waals surface area contributed by atoms with E-state index in [0.717, 1.165) is 36.9 Å². The molecule has 0 amide bonds. The highest BCUT2D eigenvalue weighted by atomic mass is 16.5. The van der Waals surface area contributed by atoms with Gasteiger partial charge >= 0.3 is 0 Å². The van der Waals surface area contributed by atoms with Crippen molar-refractivity contribution in [2.24, 2.45) is 5.92 Å². The van der Waals surface area contributed by atoms with Crippen molar-refractivity contribution < 1.29 is 9.63 Å². The van der Waals surface area contributed by atoms with Gasteiger partial charge in [0.25, 0.3) is 0 Å². The van der Waals surface area contributed by atoms with E-state index in [9.17, 15) is 0 Å². The summed E-state index contributed by atoms with van der Waals surface area (Å²) in [5, 5.41) is 12.9. The molecule has 1 aromatic heterocycles. The Morgan fingerprint density at radius 3 is 2.68 bits per heavy atom. The van der Waals surface area contributed by atoms with Gasteiger partial charge in [0.05, 0.1) is 0 Å². The second kappa shape index (κ2) is 7.63. The summed E-state index contributed by atoms with van der Waals surface area (Å²) in [6.07, 6.45) is 10.2.